The Hall–Kier alpha value is -3.24. The van der Waals surface area contributed by atoms with E-state index >= 15 is 0 Å². The molecule has 0 saturated carbocycles. The minimum absolute atomic E-state index is 0.250. The molecule has 30 heavy (non-hydrogen) atoms. The van der Waals surface area contributed by atoms with Crippen LogP contribution in [-0.4, -0.2) is 29.6 Å². The van der Waals surface area contributed by atoms with Crippen molar-refractivity contribution in [2.24, 2.45) is 14.1 Å². The zero-order chi connectivity index (χ0) is 21.6. The molecule has 0 aliphatic carbocycles. The van der Waals surface area contributed by atoms with Crippen LogP contribution in [0.15, 0.2) is 40.2 Å². The number of nitrogens with zero attached hydrogens (tertiary/aromatic N) is 5. The van der Waals surface area contributed by atoms with Gasteiger partial charge in [0.15, 0.2) is 16.3 Å². The molecule has 154 valence electrons. The van der Waals surface area contributed by atoms with Crippen LogP contribution >= 0.6 is 22.9 Å². The molecule has 9 nitrogen and oxygen atoms in total. The Labute approximate surface area is 179 Å². The Balaban J connectivity index is 1.61. The third-order valence-corrected chi connectivity index (χ3v) is 5.80. The molecule has 0 spiro atoms. The summed E-state index contributed by atoms with van der Waals surface area (Å²) < 4.78 is 3.66. The number of carbonyl (C=O) groups excluding carboxylic acids is 1. The number of hydrogen-bond acceptors (Lipinski definition) is 6. The predicted octanol–water partition coefficient (Wildman–Crippen LogP) is 2.16. The molecule has 3 aromatic heterocycles. The summed E-state index contributed by atoms with van der Waals surface area (Å²) in [6, 6.07) is 7.24. The van der Waals surface area contributed by atoms with Crippen LogP contribution in [0.1, 0.15) is 4.88 Å². The molecule has 1 N–H and O–H groups in total. The van der Waals surface area contributed by atoms with E-state index in [-0.39, 0.29) is 11.2 Å². The number of anilines is 1. The van der Waals surface area contributed by atoms with Crippen LogP contribution < -0.4 is 16.6 Å². The molecule has 0 saturated heterocycles. The number of hydrogen-bond donors (Lipinski definition) is 1. The number of rotatable bonds is 4. The molecule has 3 heterocycles. The number of imidazole rings is 1. The second-order valence-electron chi connectivity index (χ2n) is 6.74. The van der Waals surface area contributed by atoms with E-state index < -0.39 is 23.7 Å². The first kappa shape index (κ1) is 20.0. The minimum atomic E-state index is -0.612. The lowest BCUT2D eigenvalue weighted by molar-refractivity contribution is -0.116. The monoisotopic (exact) mass is 444 g/mol. The Morgan fingerprint density at radius 2 is 1.90 bits per heavy atom. The second kappa shape index (κ2) is 7.54. The van der Waals surface area contributed by atoms with Crippen molar-refractivity contribution in [2.45, 2.75) is 13.5 Å². The fraction of sp³-hybridized carbons (Fsp3) is 0.211. The van der Waals surface area contributed by atoms with E-state index in [0.29, 0.717) is 10.2 Å². The van der Waals surface area contributed by atoms with Crippen molar-refractivity contribution in [3.63, 3.8) is 0 Å². The van der Waals surface area contributed by atoms with E-state index in [1.807, 2.05) is 19.1 Å². The van der Waals surface area contributed by atoms with Crippen molar-refractivity contribution in [2.75, 3.05) is 5.32 Å². The maximum atomic E-state index is 12.7. The number of thiazole rings is 1. The van der Waals surface area contributed by atoms with Gasteiger partial charge >= 0.3 is 5.69 Å². The largest absolute Gasteiger partial charge is 0.332 e. The maximum Gasteiger partial charge on any atom is 0.332 e. The molecule has 0 fully saturated rings. The molecule has 0 radical (unpaired) electrons. The Kier molecular flexibility index (Phi) is 5.04. The molecule has 0 bridgehead atoms. The molecule has 0 atom stereocenters. The number of halogens is 1. The highest BCUT2D eigenvalue weighted by atomic mass is 35.5. The van der Waals surface area contributed by atoms with Crippen molar-refractivity contribution < 1.29 is 4.79 Å². The van der Waals surface area contributed by atoms with E-state index in [0.717, 1.165) is 20.7 Å². The SMILES string of the molecule is Cc1sc(NC(=O)Cn2c(=O)c3c(ncn3C)n(C)c2=O)nc1-c1ccc(Cl)cc1. The lowest BCUT2D eigenvalue weighted by atomic mass is 10.1. The van der Waals surface area contributed by atoms with Crippen LogP contribution in [-0.2, 0) is 25.4 Å². The summed E-state index contributed by atoms with van der Waals surface area (Å²) in [6.45, 7) is 1.47. The molecule has 1 aromatic carbocycles. The van der Waals surface area contributed by atoms with Crippen molar-refractivity contribution in [1.29, 1.82) is 0 Å². The molecule has 11 heteroatoms. The summed E-state index contributed by atoms with van der Waals surface area (Å²) in [5.74, 6) is -0.521. The van der Waals surface area contributed by atoms with E-state index in [1.165, 1.54) is 33.8 Å². The number of carbonyl (C=O) groups is 1. The van der Waals surface area contributed by atoms with Crippen LogP contribution in [0.2, 0.25) is 5.02 Å². The highest BCUT2D eigenvalue weighted by Gasteiger charge is 2.18. The molecule has 1 amide bonds. The van der Waals surface area contributed by atoms with Gasteiger partial charge < -0.3 is 9.88 Å². The average Bonchev–Trinajstić information content (AvgIpc) is 3.27. The van der Waals surface area contributed by atoms with Gasteiger partial charge in [-0.3, -0.25) is 14.2 Å². The summed E-state index contributed by atoms with van der Waals surface area (Å²) in [6.07, 6.45) is 1.45. The smallest absolute Gasteiger partial charge is 0.328 e. The van der Waals surface area contributed by atoms with Crippen LogP contribution in [0.4, 0.5) is 5.13 Å². The van der Waals surface area contributed by atoms with Crippen molar-refractivity contribution >= 4 is 45.1 Å². The first-order chi connectivity index (χ1) is 14.3. The normalized spacial score (nSPS) is 11.2. The first-order valence-electron chi connectivity index (χ1n) is 8.90. The average molecular weight is 445 g/mol. The second-order valence-corrected chi connectivity index (χ2v) is 8.38. The summed E-state index contributed by atoms with van der Waals surface area (Å²) in [4.78, 5) is 47.3. The quantitative estimate of drug-likeness (QED) is 0.519. The first-order valence-corrected chi connectivity index (χ1v) is 10.1. The third kappa shape index (κ3) is 3.44. The molecule has 0 unspecified atom stereocenters. The van der Waals surface area contributed by atoms with Crippen molar-refractivity contribution in [1.82, 2.24) is 23.7 Å². The van der Waals surface area contributed by atoms with E-state index in [2.05, 4.69) is 15.3 Å². The molecule has 4 rings (SSSR count). The number of nitrogens with one attached hydrogen (secondary N) is 1. The number of aryl methyl sites for hydroxylation is 3. The number of amides is 1. The van der Waals surface area contributed by atoms with Crippen molar-refractivity contribution in [3.05, 3.63) is 61.3 Å². The van der Waals surface area contributed by atoms with Crippen LogP contribution in [0.3, 0.4) is 0 Å². The van der Waals surface area contributed by atoms with Gasteiger partial charge in [-0.2, -0.15) is 0 Å². The van der Waals surface area contributed by atoms with Crippen LogP contribution in [0, 0.1) is 6.92 Å². The van der Waals surface area contributed by atoms with E-state index in [9.17, 15) is 14.4 Å². The zero-order valence-electron chi connectivity index (χ0n) is 16.3. The van der Waals surface area contributed by atoms with Crippen molar-refractivity contribution in [3.8, 4) is 11.3 Å². The van der Waals surface area contributed by atoms with E-state index in [4.69, 9.17) is 11.6 Å². The summed E-state index contributed by atoms with van der Waals surface area (Å²) in [7, 11) is 3.16. The van der Waals surface area contributed by atoms with Gasteiger partial charge in [0.2, 0.25) is 5.91 Å². The Morgan fingerprint density at radius 1 is 1.20 bits per heavy atom. The van der Waals surface area contributed by atoms with Gasteiger partial charge in [0.1, 0.15) is 6.54 Å². The Bertz CT molecular complexity index is 1400. The van der Waals surface area contributed by atoms with Gasteiger partial charge in [-0.05, 0) is 19.1 Å². The minimum Gasteiger partial charge on any atom is -0.328 e. The molecular weight excluding hydrogens is 428 g/mol. The lowest BCUT2D eigenvalue weighted by Gasteiger charge is -2.08. The van der Waals surface area contributed by atoms with Crippen LogP contribution in [0.5, 0.6) is 0 Å². The van der Waals surface area contributed by atoms with Gasteiger partial charge in [-0.25, -0.2) is 19.3 Å². The standard InChI is InChI=1S/C19H17ClN6O3S/c1-10-14(11-4-6-12(20)7-5-11)23-18(30-10)22-13(27)8-26-17(28)15-16(21-9-24(15)2)25(3)19(26)29/h4-7,9H,8H2,1-3H3,(H,22,23,27). The van der Waals surface area contributed by atoms with Gasteiger partial charge in [0.05, 0.1) is 12.0 Å². The fourth-order valence-electron chi connectivity index (χ4n) is 3.16. The van der Waals surface area contributed by atoms with Gasteiger partial charge in [0, 0.05) is 29.6 Å². The predicted molar refractivity (Wildman–Crippen MR) is 116 cm³/mol. The topological polar surface area (TPSA) is 104 Å². The number of fused-ring (bicyclic) bond motifs is 1. The highest BCUT2D eigenvalue weighted by molar-refractivity contribution is 7.16. The molecular formula is C19H17ClN6O3S. The molecule has 0 aliphatic rings. The van der Waals surface area contributed by atoms with Gasteiger partial charge in [-0.15, -0.1) is 11.3 Å². The molecule has 4 aromatic rings. The zero-order valence-corrected chi connectivity index (χ0v) is 17.9. The highest BCUT2D eigenvalue weighted by Crippen LogP contribution is 2.30. The molecule has 0 aliphatic heterocycles. The third-order valence-electron chi connectivity index (χ3n) is 4.66. The lowest BCUT2D eigenvalue weighted by Crippen LogP contribution is -2.42. The summed E-state index contributed by atoms with van der Waals surface area (Å²) in [5, 5.41) is 3.68. The van der Waals surface area contributed by atoms with Gasteiger partial charge in [0.25, 0.3) is 5.56 Å². The number of aromatic nitrogens is 5. The van der Waals surface area contributed by atoms with Gasteiger partial charge in [-0.1, -0.05) is 23.7 Å². The summed E-state index contributed by atoms with van der Waals surface area (Å²) in [5.41, 5.74) is 0.947. The maximum absolute atomic E-state index is 12.7. The van der Waals surface area contributed by atoms with Crippen LogP contribution in [0.25, 0.3) is 22.4 Å². The fourth-order valence-corrected chi connectivity index (χ4v) is 4.14. The number of benzene rings is 1. The Morgan fingerprint density at radius 3 is 2.60 bits per heavy atom. The van der Waals surface area contributed by atoms with E-state index in [1.54, 1.807) is 19.2 Å². The summed E-state index contributed by atoms with van der Waals surface area (Å²) >= 11 is 7.24.